The largest absolute Gasteiger partial charge is 0.416 e. The topological polar surface area (TPSA) is 43.1 Å². The third-order valence-corrected chi connectivity index (χ3v) is 2.33. The van der Waals surface area contributed by atoms with Gasteiger partial charge in [-0.1, -0.05) is 17.3 Å². The number of halogens is 3. The molecule has 0 aliphatic carbocycles. The Morgan fingerprint density at radius 3 is 2.72 bits per heavy atom. The number of aromatic nitrogens is 1. The third-order valence-electron chi connectivity index (χ3n) is 2.33. The Hall–Kier alpha value is -2.11. The summed E-state index contributed by atoms with van der Waals surface area (Å²) in [5.41, 5.74) is -0.0970. The van der Waals surface area contributed by atoms with Crippen LogP contribution in [0.3, 0.4) is 0 Å². The van der Waals surface area contributed by atoms with Crippen molar-refractivity contribution in [3.8, 4) is 11.3 Å². The van der Waals surface area contributed by atoms with E-state index < -0.39 is 11.7 Å². The number of hydrogen-bond acceptors (Lipinski definition) is 3. The first-order chi connectivity index (χ1) is 8.50. The van der Waals surface area contributed by atoms with Crippen molar-refractivity contribution in [2.75, 3.05) is 0 Å². The highest BCUT2D eigenvalue weighted by Crippen LogP contribution is 2.32. The van der Waals surface area contributed by atoms with Crippen LogP contribution in [0.4, 0.5) is 13.2 Å². The van der Waals surface area contributed by atoms with E-state index in [0.717, 1.165) is 12.1 Å². The Morgan fingerprint density at radius 1 is 1.28 bits per heavy atom. The second-order valence-corrected chi connectivity index (χ2v) is 3.63. The summed E-state index contributed by atoms with van der Waals surface area (Å²) in [5, 5.41) is 3.59. The molecule has 2 aromatic rings. The number of hydrogen-bond donors (Lipinski definition) is 0. The fraction of sp³-hybridized carbons (Fsp3) is 0.167. The second-order valence-electron chi connectivity index (χ2n) is 3.63. The first-order valence-corrected chi connectivity index (χ1v) is 5.07. The summed E-state index contributed by atoms with van der Waals surface area (Å²) in [6.07, 6.45) is -3.68. The van der Waals surface area contributed by atoms with Gasteiger partial charge in [-0.2, -0.15) is 13.2 Å². The van der Waals surface area contributed by atoms with E-state index in [9.17, 15) is 18.0 Å². The Kier molecular flexibility index (Phi) is 3.18. The molecule has 0 saturated carbocycles. The molecule has 2 rings (SSSR count). The van der Waals surface area contributed by atoms with Gasteiger partial charge < -0.3 is 9.32 Å². The number of aldehydes is 1. The van der Waals surface area contributed by atoms with E-state index in [1.807, 2.05) is 0 Å². The maximum atomic E-state index is 12.5. The normalized spacial score (nSPS) is 11.5. The first kappa shape index (κ1) is 12.3. The Labute approximate surface area is 100 Å². The standard InChI is InChI=1S/C12H8F3NO2/c13-12(14,15)9-3-1-2-8(6-9)11-7-10(4-5-17)16-18-11/h1-3,5-7H,4H2. The van der Waals surface area contributed by atoms with Gasteiger partial charge in [0.05, 0.1) is 11.3 Å². The average molecular weight is 255 g/mol. The molecule has 18 heavy (non-hydrogen) atoms. The smallest absolute Gasteiger partial charge is 0.356 e. The maximum Gasteiger partial charge on any atom is 0.416 e. The Morgan fingerprint density at radius 2 is 2.06 bits per heavy atom. The fourth-order valence-corrected chi connectivity index (χ4v) is 1.48. The number of nitrogens with zero attached hydrogens (tertiary/aromatic N) is 1. The van der Waals surface area contributed by atoms with Crippen molar-refractivity contribution >= 4 is 6.29 Å². The molecule has 1 heterocycles. The van der Waals surface area contributed by atoms with Crippen molar-refractivity contribution in [2.24, 2.45) is 0 Å². The van der Waals surface area contributed by atoms with Gasteiger partial charge in [-0.15, -0.1) is 0 Å². The first-order valence-electron chi connectivity index (χ1n) is 5.07. The molecule has 0 aliphatic rings. The summed E-state index contributed by atoms with van der Waals surface area (Å²) in [5.74, 6) is 0.206. The van der Waals surface area contributed by atoms with Crippen LogP contribution in [-0.4, -0.2) is 11.4 Å². The highest BCUT2D eigenvalue weighted by molar-refractivity contribution is 5.61. The lowest BCUT2D eigenvalue weighted by atomic mass is 10.1. The van der Waals surface area contributed by atoms with Gasteiger partial charge in [-0.3, -0.25) is 0 Å². The molecule has 0 fully saturated rings. The maximum absolute atomic E-state index is 12.5. The lowest BCUT2D eigenvalue weighted by molar-refractivity contribution is -0.137. The molecule has 0 unspecified atom stereocenters. The van der Waals surface area contributed by atoms with Crippen LogP contribution >= 0.6 is 0 Å². The van der Waals surface area contributed by atoms with E-state index in [2.05, 4.69) is 5.16 Å². The second kappa shape index (κ2) is 4.64. The van der Waals surface area contributed by atoms with Crippen LogP contribution in [0.25, 0.3) is 11.3 Å². The summed E-state index contributed by atoms with van der Waals surface area (Å²) in [6.45, 7) is 0. The zero-order chi connectivity index (χ0) is 13.2. The van der Waals surface area contributed by atoms with Gasteiger partial charge in [0.2, 0.25) is 0 Å². The van der Waals surface area contributed by atoms with E-state index >= 15 is 0 Å². The van der Waals surface area contributed by atoms with E-state index in [0.29, 0.717) is 12.0 Å². The van der Waals surface area contributed by atoms with Crippen LogP contribution in [0.1, 0.15) is 11.3 Å². The van der Waals surface area contributed by atoms with E-state index in [-0.39, 0.29) is 17.7 Å². The van der Waals surface area contributed by atoms with Crippen LogP contribution in [0.2, 0.25) is 0 Å². The van der Waals surface area contributed by atoms with Crippen LogP contribution < -0.4 is 0 Å². The van der Waals surface area contributed by atoms with Crippen molar-refractivity contribution in [2.45, 2.75) is 12.6 Å². The van der Waals surface area contributed by atoms with Crippen molar-refractivity contribution < 1.29 is 22.5 Å². The molecular formula is C12H8F3NO2. The molecule has 1 aromatic heterocycles. The molecule has 0 N–H and O–H groups in total. The summed E-state index contributed by atoms with van der Waals surface area (Å²) in [7, 11) is 0. The van der Waals surface area contributed by atoms with Gasteiger partial charge in [-0.25, -0.2) is 0 Å². The Bertz CT molecular complexity index is 560. The molecule has 0 spiro atoms. The number of carbonyl (C=O) groups is 1. The van der Waals surface area contributed by atoms with Crippen LogP contribution in [0, 0.1) is 0 Å². The highest BCUT2D eigenvalue weighted by Gasteiger charge is 2.30. The molecule has 0 bridgehead atoms. The summed E-state index contributed by atoms with van der Waals surface area (Å²) in [4.78, 5) is 10.3. The number of carbonyl (C=O) groups excluding carboxylic acids is 1. The Balaban J connectivity index is 2.35. The van der Waals surface area contributed by atoms with Crippen molar-refractivity contribution in [1.29, 1.82) is 0 Å². The molecule has 0 atom stereocenters. The predicted octanol–water partition coefficient (Wildman–Crippen LogP) is 3.10. The molecule has 0 amide bonds. The van der Waals surface area contributed by atoms with Crippen molar-refractivity contribution in [1.82, 2.24) is 5.16 Å². The van der Waals surface area contributed by atoms with E-state index in [4.69, 9.17) is 4.52 Å². The van der Waals surface area contributed by atoms with Crippen LogP contribution in [0.5, 0.6) is 0 Å². The monoisotopic (exact) mass is 255 g/mol. The van der Waals surface area contributed by atoms with Gasteiger partial charge in [0, 0.05) is 18.1 Å². The molecule has 1 aromatic carbocycles. The van der Waals surface area contributed by atoms with E-state index in [1.165, 1.54) is 18.2 Å². The van der Waals surface area contributed by atoms with E-state index in [1.54, 1.807) is 0 Å². The molecule has 3 nitrogen and oxygen atoms in total. The minimum Gasteiger partial charge on any atom is -0.356 e. The lowest BCUT2D eigenvalue weighted by Gasteiger charge is -2.06. The van der Waals surface area contributed by atoms with Crippen LogP contribution in [-0.2, 0) is 17.4 Å². The SMILES string of the molecule is O=CCc1cc(-c2cccc(C(F)(F)F)c2)on1. The van der Waals surface area contributed by atoms with Crippen molar-refractivity contribution in [3.63, 3.8) is 0 Å². The zero-order valence-electron chi connectivity index (χ0n) is 9.07. The van der Waals surface area contributed by atoms with Crippen molar-refractivity contribution in [3.05, 3.63) is 41.6 Å². The quantitative estimate of drug-likeness (QED) is 0.791. The van der Waals surface area contributed by atoms with Gasteiger partial charge in [0.15, 0.2) is 5.76 Å². The van der Waals surface area contributed by atoms with Gasteiger partial charge in [-0.05, 0) is 12.1 Å². The summed E-state index contributed by atoms with van der Waals surface area (Å²) in [6, 6.07) is 6.18. The van der Waals surface area contributed by atoms with Crippen LogP contribution in [0.15, 0.2) is 34.9 Å². The predicted molar refractivity (Wildman–Crippen MR) is 56.7 cm³/mol. The lowest BCUT2D eigenvalue weighted by Crippen LogP contribution is -2.04. The van der Waals surface area contributed by atoms with Gasteiger partial charge in [0.1, 0.15) is 6.29 Å². The molecule has 94 valence electrons. The highest BCUT2D eigenvalue weighted by atomic mass is 19.4. The molecular weight excluding hydrogens is 247 g/mol. The molecule has 0 radical (unpaired) electrons. The van der Waals surface area contributed by atoms with Gasteiger partial charge >= 0.3 is 6.18 Å². The average Bonchev–Trinajstić information content (AvgIpc) is 2.77. The molecule has 0 saturated heterocycles. The fourth-order valence-electron chi connectivity index (χ4n) is 1.48. The number of alkyl halides is 3. The summed E-state index contributed by atoms with van der Waals surface area (Å²) < 4.78 is 42.4. The summed E-state index contributed by atoms with van der Waals surface area (Å²) >= 11 is 0. The van der Waals surface area contributed by atoms with Gasteiger partial charge in [0.25, 0.3) is 0 Å². The zero-order valence-corrected chi connectivity index (χ0v) is 9.07. The molecule has 6 heteroatoms. The minimum absolute atomic E-state index is 0.0719. The number of rotatable bonds is 3. The third kappa shape index (κ3) is 2.58. The minimum atomic E-state index is -4.40. The molecule has 0 aliphatic heterocycles. The number of benzene rings is 1.